The summed E-state index contributed by atoms with van der Waals surface area (Å²) < 4.78 is 0. The molecule has 2 fully saturated rings. The molecule has 0 aliphatic carbocycles. The van der Waals surface area contributed by atoms with Gasteiger partial charge >= 0.3 is 0 Å². The second kappa shape index (κ2) is 7.15. The zero-order valence-electron chi connectivity index (χ0n) is 15.5. The Hall–Kier alpha value is -1.89. The van der Waals surface area contributed by atoms with Crippen LogP contribution in [0.2, 0.25) is 0 Å². The Labute approximate surface area is 149 Å². The molecule has 1 aromatic heterocycles. The summed E-state index contributed by atoms with van der Waals surface area (Å²) in [6.45, 7) is 7.07. The molecule has 138 valence electrons. The maximum Gasteiger partial charge on any atom is 0.223 e. The maximum absolute atomic E-state index is 12.8. The average Bonchev–Trinajstić information content (AvgIpc) is 2.79. The van der Waals surface area contributed by atoms with Crippen molar-refractivity contribution in [1.29, 1.82) is 0 Å². The number of likely N-dealkylation sites (N-methyl/N-ethyl adjacent to an activating group) is 1. The first kappa shape index (κ1) is 17.9. The van der Waals surface area contributed by atoms with Crippen LogP contribution in [-0.2, 0) is 16.0 Å². The van der Waals surface area contributed by atoms with Crippen LogP contribution in [0.1, 0.15) is 42.6 Å². The molecular formula is C18H29N5O2. The predicted molar refractivity (Wildman–Crippen MR) is 95.2 cm³/mol. The molecule has 2 saturated heterocycles. The zero-order chi connectivity index (χ0) is 18.0. The topological polar surface area (TPSA) is 81.3 Å². The van der Waals surface area contributed by atoms with Crippen molar-refractivity contribution in [2.45, 2.75) is 51.5 Å². The molecule has 0 bridgehead atoms. The summed E-state index contributed by atoms with van der Waals surface area (Å²) in [5.74, 6) is 0.314. The first-order valence-electron chi connectivity index (χ1n) is 9.17. The summed E-state index contributed by atoms with van der Waals surface area (Å²) >= 11 is 0. The van der Waals surface area contributed by atoms with Crippen molar-refractivity contribution in [2.75, 3.05) is 33.2 Å². The number of amides is 2. The summed E-state index contributed by atoms with van der Waals surface area (Å²) in [5, 5.41) is 10.2. The van der Waals surface area contributed by atoms with Crippen LogP contribution in [0, 0.1) is 13.8 Å². The number of piperazine rings is 1. The SMILES string of the molecule is Cc1[nH]nc(CCC(=O)N2CCN(C)[C@@]3(CCNC(=O)CC3)C2)c1C. The number of hydrogen-bond acceptors (Lipinski definition) is 4. The largest absolute Gasteiger partial charge is 0.356 e. The number of aromatic amines is 1. The van der Waals surface area contributed by atoms with Gasteiger partial charge in [0.15, 0.2) is 0 Å². The van der Waals surface area contributed by atoms with Crippen LogP contribution in [0.4, 0.5) is 0 Å². The van der Waals surface area contributed by atoms with E-state index in [2.05, 4.69) is 27.5 Å². The van der Waals surface area contributed by atoms with Crippen LogP contribution in [0.15, 0.2) is 0 Å². The molecule has 1 spiro atoms. The van der Waals surface area contributed by atoms with Gasteiger partial charge in [-0.15, -0.1) is 0 Å². The molecule has 0 saturated carbocycles. The van der Waals surface area contributed by atoms with Crippen molar-refractivity contribution in [3.05, 3.63) is 17.0 Å². The number of aryl methyl sites for hydroxylation is 2. The summed E-state index contributed by atoms with van der Waals surface area (Å²) in [5.41, 5.74) is 3.12. The lowest BCUT2D eigenvalue weighted by Crippen LogP contribution is -2.62. The molecular weight excluding hydrogens is 318 g/mol. The lowest BCUT2D eigenvalue weighted by molar-refractivity contribution is -0.136. The van der Waals surface area contributed by atoms with Crippen LogP contribution < -0.4 is 5.32 Å². The summed E-state index contributed by atoms with van der Waals surface area (Å²) in [6.07, 6.45) is 3.42. The van der Waals surface area contributed by atoms with Gasteiger partial charge in [-0.1, -0.05) is 0 Å². The highest BCUT2D eigenvalue weighted by molar-refractivity contribution is 5.77. The molecule has 2 aliphatic heterocycles. The maximum atomic E-state index is 12.8. The van der Waals surface area contributed by atoms with Crippen LogP contribution in [0.3, 0.4) is 0 Å². The van der Waals surface area contributed by atoms with E-state index >= 15 is 0 Å². The molecule has 0 aromatic carbocycles. The molecule has 2 amide bonds. The first-order valence-corrected chi connectivity index (χ1v) is 9.17. The van der Waals surface area contributed by atoms with Gasteiger partial charge in [0.05, 0.1) is 5.69 Å². The number of hydrogen-bond donors (Lipinski definition) is 2. The number of aromatic nitrogens is 2. The van der Waals surface area contributed by atoms with E-state index in [1.807, 2.05) is 18.7 Å². The molecule has 3 heterocycles. The zero-order valence-corrected chi connectivity index (χ0v) is 15.5. The van der Waals surface area contributed by atoms with E-state index in [-0.39, 0.29) is 17.4 Å². The van der Waals surface area contributed by atoms with E-state index in [0.29, 0.717) is 25.8 Å². The van der Waals surface area contributed by atoms with E-state index in [0.717, 1.165) is 49.4 Å². The Balaban J connectivity index is 1.63. The lowest BCUT2D eigenvalue weighted by Gasteiger charge is -2.49. The van der Waals surface area contributed by atoms with Crippen molar-refractivity contribution in [2.24, 2.45) is 0 Å². The Morgan fingerprint density at radius 2 is 2.08 bits per heavy atom. The van der Waals surface area contributed by atoms with Crippen molar-refractivity contribution in [3.63, 3.8) is 0 Å². The van der Waals surface area contributed by atoms with Crippen molar-refractivity contribution < 1.29 is 9.59 Å². The van der Waals surface area contributed by atoms with Gasteiger partial charge in [0, 0.05) is 56.7 Å². The Morgan fingerprint density at radius 1 is 1.28 bits per heavy atom. The highest BCUT2D eigenvalue weighted by Crippen LogP contribution is 2.30. The highest BCUT2D eigenvalue weighted by Gasteiger charge is 2.41. The van der Waals surface area contributed by atoms with Crippen LogP contribution in [0.25, 0.3) is 0 Å². The van der Waals surface area contributed by atoms with Crippen molar-refractivity contribution in [1.82, 2.24) is 25.3 Å². The van der Waals surface area contributed by atoms with Gasteiger partial charge in [-0.3, -0.25) is 19.6 Å². The predicted octanol–water partition coefficient (Wildman–Crippen LogP) is 0.772. The molecule has 1 aromatic rings. The van der Waals surface area contributed by atoms with E-state index < -0.39 is 0 Å². The number of rotatable bonds is 3. The molecule has 0 radical (unpaired) electrons. The van der Waals surface area contributed by atoms with Gasteiger partial charge in [0.25, 0.3) is 0 Å². The molecule has 3 rings (SSSR count). The summed E-state index contributed by atoms with van der Waals surface area (Å²) in [4.78, 5) is 28.8. The summed E-state index contributed by atoms with van der Waals surface area (Å²) in [7, 11) is 2.12. The van der Waals surface area contributed by atoms with E-state index in [4.69, 9.17) is 0 Å². The summed E-state index contributed by atoms with van der Waals surface area (Å²) in [6, 6.07) is 0. The standard InChI is InChI=1S/C18H29N5O2/c1-13-14(2)20-21-15(13)4-5-17(25)23-11-10-22(3)18(12-23)7-6-16(24)19-9-8-18/h4-12H2,1-3H3,(H,19,24)(H,20,21)/t18-/m0/s1. The molecule has 1 atom stereocenters. The van der Waals surface area contributed by atoms with Crippen LogP contribution in [-0.4, -0.2) is 70.6 Å². The van der Waals surface area contributed by atoms with Gasteiger partial charge in [0.1, 0.15) is 0 Å². The minimum Gasteiger partial charge on any atom is -0.356 e. The highest BCUT2D eigenvalue weighted by atomic mass is 16.2. The smallest absolute Gasteiger partial charge is 0.223 e. The third kappa shape index (κ3) is 3.71. The number of nitrogens with zero attached hydrogens (tertiary/aromatic N) is 3. The fourth-order valence-corrected chi connectivity index (χ4v) is 3.97. The third-order valence-corrected chi connectivity index (χ3v) is 6.01. The quantitative estimate of drug-likeness (QED) is 0.846. The Morgan fingerprint density at radius 3 is 2.80 bits per heavy atom. The fraction of sp³-hybridized carbons (Fsp3) is 0.722. The molecule has 7 nitrogen and oxygen atoms in total. The second-order valence-corrected chi connectivity index (χ2v) is 7.48. The van der Waals surface area contributed by atoms with Crippen molar-refractivity contribution in [3.8, 4) is 0 Å². The lowest BCUT2D eigenvalue weighted by atomic mass is 9.86. The third-order valence-electron chi connectivity index (χ3n) is 6.01. The van der Waals surface area contributed by atoms with Crippen LogP contribution >= 0.6 is 0 Å². The van der Waals surface area contributed by atoms with Crippen LogP contribution in [0.5, 0.6) is 0 Å². The van der Waals surface area contributed by atoms with Crippen molar-refractivity contribution >= 4 is 11.8 Å². The number of carbonyl (C=O) groups is 2. The number of nitrogens with one attached hydrogen (secondary N) is 2. The minimum absolute atomic E-state index is 0.0775. The Kier molecular flexibility index (Phi) is 5.13. The number of H-pyrrole nitrogens is 1. The van der Waals surface area contributed by atoms with Gasteiger partial charge in [-0.05, 0) is 39.3 Å². The Bertz CT molecular complexity index is 656. The van der Waals surface area contributed by atoms with Gasteiger partial charge in [0.2, 0.25) is 11.8 Å². The fourth-order valence-electron chi connectivity index (χ4n) is 3.97. The van der Waals surface area contributed by atoms with Gasteiger partial charge in [-0.25, -0.2) is 0 Å². The molecule has 7 heteroatoms. The minimum atomic E-state index is -0.0775. The number of carbonyl (C=O) groups excluding carboxylic acids is 2. The molecule has 25 heavy (non-hydrogen) atoms. The average molecular weight is 347 g/mol. The molecule has 0 unspecified atom stereocenters. The van der Waals surface area contributed by atoms with E-state index in [9.17, 15) is 9.59 Å². The molecule has 2 N–H and O–H groups in total. The second-order valence-electron chi connectivity index (χ2n) is 7.48. The van der Waals surface area contributed by atoms with Gasteiger partial charge < -0.3 is 10.2 Å². The van der Waals surface area contributed by atoms with E-state index in [1.165, 1.54) is 0 Å². The normalized spacial score (nSPS) is 25.1. The monoisotopic (exact) mass is 347 g/mol. The van der Waals surface area contributed by atoms with Gasteiger partial charge in [-0.2, -0.15) is 5.10 Å². The van der Waals surface area contributed by atoms with E-state index in [1.54, 1.807) is 0 Å². The first-order chi connectivity index (χ1) is 11.9. The molecule has 2 aliphatic rings.